The Morgan fingerprint density at radius 3 is 2.67 bits per heavy atom. The van der Waals surface area contributed by atoms with Crippen molar-refractivity contribution < 1.29 is 14.0 Å². The highest BCUT2D eigenvalue weighted by molar-refractivity contribution is 6.32. The number of benzene rings is 1. The van der Waals surface area contributed by atoms with Crippen LogP contribution in [-0.2, 0) is 6.54 Å². The van der Waals surface area contributed by atoms with E-state index in [9.17, 15) is 0 Å². The highest BCUT2D eigenvalue weighted by Crippen LogP contribution is 2.38. The van der Waals surface area contributed by atoms with Crippen molar-refractivity contribution in [2.75, 3.05) is 14.2 Å². The van der Waals surface area contributed by atoms with Crippen LogP contribution in [0.1, 0.15) is 5.89 Å². The Morgan fingerprint density at radius 1 is 1.33 bits per heavy atom. The second kappa shape index (κ2) is 5.24. The molecule has 0 aliphatic rings. The molecule has 1 aromatic heterocycles. The van der Waals surface area contributed by atoms with Crippen LogP contribution in [0.3, 0.4) is 0 Å². The lowest BCUT2D eigenvalue weighted by atomic mass is 10.1. The third kappa shape index (κ3) is 2.25. The zero-order valence-electron chi connectivity index (χ0n) is 9.94. The van der Waals surface area contributed by atoms with E-state index in [1.807, 2.05) is 0 Å². The third-order valence-corrected chi connectivity index (χ3v) is 2.62. The van der Waals surface area contributed by atoms with Gasteiger partial charge in [-0.15, -0.1) is 0 Å². The SMILES string of the molecule is COc1cc(Cl)c(OC)c(-c2noc(CN)n2)c1. The number of ether oxygens (including phenoxy) is 2. The maximum atomic E-state index is 6.09. The molecule has 0 fully saturated rings. The van der Waals surface area contributed by atoms with Gasteiger partial charge in [0, 0.05) is 6.07 Å². The molecule has 6 nitrogen and oxygen atoms in total. The summed E-state index contributed by atoms with van der Waals surface area (Å²) in [5, 5.41) is 4.23. The molecule has 0 unspecified atom stereocenters. The Morgan fingerprint density at radius 2 is 2.11 bits per heavy atom. The summed E-state index contributed by atoms with van der Waals surface area (Å²) < 4.78 is 15.3. The molecule has 7 heteroatoms. The van der Waals surface area contributed by atoms with Crippen LogP contribution in [0.2, 0.25) is 5.02 Å². The van der Waals surface area contributed by atoms with E-state index < -0.39 is 0 Å². The van der Waals surface area contributed by atoms with Crippen LogP contribution in [0.4, 0.5) is 0 Å². The first-order valence-electron chi connectivity index (χ1n) is 5.14. The van der Waals surface area contributed by atoms with Crippen LogP contribution in [0, 0.1) is 0 Å². The van der Waals surface area contributed by atoms with Crippen LogP contribution >= 0.6 is 11.6 Å². The molecule has 2 aromatic rings. The Bertz CT molecular complexity index is 556. The van der Waals surface area contributed by atoms with E-state index in [-0.39, 0.29) is 6.54 Å². The van der Waals surface area contributed by atoms with E-state index in [1.54, 1.807) is 19.2 Å². The molecule has 0 radical (unpaired) electrons. The standard InChI is InChI=1S/C11H12ClN3O3/c1-16-6-3-7(10(17-2)8(12)4-6)11-14-9(5-13)18-15-11/h3-4H,5,13H2,1-2H3. The molecule has 2 N–H and O–H groups in total. The first-order valence-corrected chi connectivity index (χ1v) is 5.52. The van der Waals surface area contributed by atoms with Crippen molar-refractivity contribution in [1.82, 2.24) is 10.1 Å². The number of rotatable bonds is 4. The molecule has 1 heterocycles. The molecule has 0 aliphatic heterocycles. The Balaban J connectivity index is 2.56. The van der Waals surface area contributed by atoms with Gasteiger partial charge in [0.2, 0.25) is 11.7 Å². The summed E-state index contributed by atoms with van der Waals surface area (Å²) in [5.41, 5.74) is 6.01. The largest absolute Gasteiger partial charge is 0.497 e. The van der Waals surface area contributed by atoms with E-state index in [2.05, 4.69) is 10.1 Å². The predicted octanol–water partition coefficient (Wildman–Crippen LogP) is 1.87. The number of hydrogen-bond donors (Lipinski definition) is 1. The molecule has 0 saturated heterocycles. The van der Waals surface area contributed by atoms with Gasteiger partial charge in [-0.2, -0.15) is 4.98 Å². The van der Waals surface area contributed by atoms with Crippen LogP contribution in [0.25, 0.3) is 11.4 Å². The van der Waals surface area contributed by atoms with Crippen molar-refractivity contribution in [2.45, 2.75) is 6.54 Å². The van der Waals surface area contributed by atoms with Gasteiger partial charge in [0.25, 0.3) is 0 Å². The zero-order valence-corrected chi connectivity index (χ0v) is 10.7. The molecule has 0 amide bonds. The smallest absolute Gasteiger partial charge is 0.240 e. The van der Waals surface area contributed by atoms with Gasteiger partial charge in [0.15, 0.2) is 0 Å². The van der Waals surface area contributed by atoms with Crippen molar-refractivity contribution in [3.05, 3.63) is 23.0 Å². The van der Waals surface area contributed by atoms with Crippen LogP contribution in [-0.4, -0.2) is 24.4 Å². The van der Waals surface area contributed by atoms with E-state index in [1.165, 1.54) is 7.11 Å². The summed E-state index contributed by atoms with van der Waals surface area (Å²) in [6.07, 6.45) is 0. The van der Waals surface area contributed by atoms with Crippen LogP contribution in [0.5, 0.6) is 11.5 Å². The first-order chi connectivity index (χ1) is 8.69. The second-order valence-electron chi connectivity index (χ2n) is 3.41. The Kier molecular flexibility index (Phi) is 3.69. The minimum atomic E-state index is 0.174. The highest BCUT2D eigenvalue weighted by atomic mass is 35.5. The van der Waals surface area contributed by atoms with Crippen LogP contribution in [0.15, 0.2) is 16.7 Å². The van der Waals surface area contributed by atoms with Crippen molar-refractivity contribution in [3.8, 4) is 22.9 Å². The summed E-state index contributed by atoms with van der Waals surface area (Å²) in [7, 11) is 3.06. The summed E-state index contributed by atoms with van der Waals surface area (Å²) in [6, 6.07) is 3.36. The molecular weight excluding hydrogens is 258 g/mol. The number of aromatic nitrogens is 2. The molecule has 18 heavy (non-hydrogen) atoms. The number of halogens is 1. The lowest BCUT2D eigenvalue weighted by molar-refractivity contribution is 0.379. The lowest BCUT2D eigenvalue weighted by Crippen LogP contribution is -1.96. The molecule has 0 bridgehead atoms. The summed E-state index contributed by atoms with van der Waals surface area (Å²) in [6.45, 7) is 0.174. The molecular formula is C11H12ClN3O3. The minimum absolute atomic E-state index is 0.174. The molecule has 96 valence electrons. The van der Waals surface area contributed by atoms with Gasteiger partial charge < -0.3 is 19.7 Å². The van der Waals surface area contributed by atoms with E-state index in [4.69, 9.17) is 31.3 Å². The van der Waals surface area contributed by atoms with Crippen molar-refractivity contribution in [2.24, 2.45) is 5.73 Å². The van der Waals surface area contributed by atoms with Crippen molar-refractivity contribution in [1.29, 1.82) is 0 Å². The monoisotopic (exact) mass is 269 g/mol. The Hall–Kier alpha value is -1.79. The second-order valence-corrected chi connectivity index (χ2v) is 3.81. The number of hydrogen-bond acceptors (Lipinski definition) is 6. The first kappa shape index (κ1) is 12.7. The fourth-order valence-corrected chi connectivity index (χ4v) is 1.79. The summed E-state index contributed by atoms with van der Waals surface area (Å²) >= 11 is 6.09. The molecule has 0 saturated carbocycles. The van der Waals surface area contributed by atoms with E-state index >= 15 is 0 Å². The average molecular weight is 270 g/mol. The van der Waals surface area contributed by atoms with Gasteiger partial charge in [-0.3, -0.25) is 0 Å². The molecule has 1 aromatic carbocycles. The topological polar surface area (TPSA) is 83.4 Å². The number of methoxy groups -OCH3 is 2. The zero-order chi connectivity index (χ0) is 13.1. The van der Waals surface area contributed by atoms with E-state index in [0.29, 0.717) is 33.8 Å². The van der Waals surface area contributed by atoms with Crippen molar-refractivity contribution >= 4 is 11.6 Å². The van der Waals surface area contributed by atoms with Gasteiger partial charge in [0.05, 0.1) is 31.4 Å². The molecule has 0 aliphatic carbocycles. The quantitative estimate of drug-likeness (QED) is 0.912. The molecule has 0 atom stereocenters. The average Bonchev–Trinajstić information content (AvgIpc) is 2.86. The normalized spacial score (nSPS) is 10.4. The van der Waals surface area contributed by atoms with Crippen LogP contribution < -0.4 is 15.2 Å². The summed E-state index contributed by atoms with van der Waals surface area (Å²) in [4.78, 5) is 4.13. The third-order valence-electron chi connectivity index (χ3n) is 2.34. The Labute approximate surface area is 109 Å². The minimum Gasteiger partial charge on any atom is -0.497 e. The maximum absolute atomic E-state index is 6.09. The predicted molar refractivity (Wildman–Crippen MR) is 65.7 cm³/mol. The molecule has 0 spiro atoms. The fourth-order valence-electron chi connectivity index (χ4n) is 1.51. The highest BCUT2D eigenvalue weighted by Gasteiger charge is 2.17. The summed E-state index contributed by atoms with van der Waals surface area (Å²) in [5.74, 6) is 1.73. The van der Waals surface area contributed by atoms with Gasteiger partial charge in [-0.05, 0) is 6.07 Å². The van der Waals surface area contributed by atoms with Crippen molar-refractivity contribution in [3.63, 3.8) is 0 Å². The fraction of sp³-hybridized carbons (Fsp3) is 0.273. The van der Waals surface area contributed by atoms with Gasteiger partial charge in [-0.1, -0.05) is 16.8 Å². The van der Waals surface area contributed by atoms with Gasteiger partial charge in [0.1, 0.15) is 11.5 Å². The number of nitrogens with two attached hydrogens (primary N) is 1. The van der Waals surface area contributed by atoms with Gasteiger partial charge >= 0.3 is 0 Å². The van der Waals surface area contributed by atoms with E-state index in [0.717, 1.165) is 0 Å². The lowest BCUT2D eigenvalue weighted by Gasteiger charge is -2.09. The number of nitrogens with zero attached hydrogens (tertiary/aromatic N) is 2. The van der Waals surface area contributed by atoms with Gasteiger partial charge in [-0.25, -0.2) is 0 Å². The maximum Gasteiger partial charge on any atom is 0.240 e. The molecule has 2 rings (SSSR count).